The van der Waals surface area contributed by atoms with E-state index in [1.165, 1.54) is 24.6 Å². The van der Waals surface area contributed by atoms with Crippen molar-refractivity contribution in [1.29, 1.82) is 0 Å². The Balaban J connectivity index is 1.99. The van der Waals surface area contributed by atoms with E-state index in [-0.39, 0.29) is 11.5 Å². The molecule has 1 heterocycles. The largest absolute Gasteiger partial charge is 0.507 e. The first kappa shape index (κ1) is 10.9. The van der Waals surface area contributed by atoms with E-state index >= 15 is 0 Å². The SMILES string of the molecule is O=C(NN=Cc1ccccc1O)c1ccco1. The predicted octanol–water partition coefficient (Wildman–Crippen LogP) is 1.75. The molecule has 0 fully saturated rings. The molecule has 0 saturated heterocycles. The van der Waals surface area contributed by atoms with Gasteiger partial charge >= 0.3 is 5.91 Å². The van der Waals surface area contributed by atoms with Gasteiger partial charge in [-0.3, -0.25) is 4.79 Å². The third-order valence-corrected chi connectivity index (χ3v) is 2.05. The number of carbonyl (C=O) groups excluding carboxylic acids is 1. The van der Waals surface area contributed by atoms with Gasteiger partial charge in [-0.1, -0.05) is 12.1 Å². The normalized spacial score (nSPS) is 10.6. The van der Waals surface area contributed by atoms with E-state index in [0.29, 0.717) is 5.56 Å². The highest BCUT2D eigenvalue weighted by Crippen LogP contribution is 2.12. The Morgan fingerprint density at radius 3 is 2.82 bits per heavy atom. The van der Waals surface area contributed by atoms with Crippen molar-refractivity contribution in [2.45, 2.75) is 0 Å². The minimum Gasteiger partial charge on any atom is -0.507 e. The highest BCUT2D eigenvalue weighted by Gasteiger charge is 2.05. The Bertz CT molecular complexity index is 532. The second-order valence-corrected chi connectivity index (χ2v) is 3.24. The highest BCUT2D eigenvalue weighted by atomic mass is 16.3. The predicted molar refractivity (Wildman–Crippen MR) is 61.9 cm³/mol. The van der Waals surface area contributed by atoms with Gasteiger partial charge in [-0.05, 0) is 24.3 Å². The summed E-state index contributed by atoms with van der Waals surface area (Å²) in [4.78, 5) is 11.4. The van der Waals surface area contributed by atoms with E-state index in [9.17, 15) is 9.90 Å². The fourth-order valence-electron chi connectivity index (χ4n) is 1.22. The Morgan fingerprint density at radius 2 is 2.12 bits per heavy atom. The van der Waals surface area contributed by atoms with Gasteiger partial charge in [-0.15, -0.1) is 0 Å². The maximum Gasteiger partial charge on any atom is 0.307 e. The first-order chi connectivity index (χ1) is 8.27. The van der Waals surface area contributed by atoms with Crippen LogP contribution in [0.25, 0.3) is 0 Å². The lowest BCUT2D eigenvalue weighted by molar-refractivity contribution is 0.0927. The molecule has 2 rings (SSSR count). The van der Waals surface area contributed by atoms with Gasteiger partial charge < -0.3 is 9.52 Å². The number of phenols is 1. The molecule has 0 saturated carbocycles. The Kier molecular flexibility index (Phi) is 3.20. The summed E-state index contributed by atoms with van der Waals surface area (Å²) in [6.45, 7) is 0. The van der Waals surface area contributed by atoms with Crippen molar-refractivity contribution in [2.75, 3.05) is 0 Å². The Labute approximate surface area is 97.4 Å². The molecule has 0 aliphatic carbocycles. The fraction of sp³-hybridized carbons (Fsp3) is 0. The number of hydrogen-bond donors (Lipinski definition) is 2. The smallest absolute Gasteiger partial charge is 0.307 e. The molecule has 0 aliphatic heterocycles. The van der Waals surface area contributed by atoms with E-state index < -0.39 is 5.91 Å². The standard InChI is InChI=1S/C12H10N2O3/c15-10-5-2-1-4-9(10)8-13-14-12(16)11-6-3-7-17-11/h1-8,15H,(H,14,16). The van der Waals surface area contributed by atoms with Gasteiger partial charge in [0.2, 0.25) is 0 Å². The highest BCUT2D eigenvalue weighted by molar-refractivity contribution is 5.92. The van der Waals surface area contributed by atoms with Gasteiger partial charge in [0.25, 0.3) is 0 Å². The molecule has 5 nitrogen and oxygen atoms in total. The van der Waals surface area contributed by atoms with Crippen molar-refractivity contribution >= 4 is 12.1 Å². The monoisotopic (exact) mass is 230 g/mol. The van der Waals surface area contributed by atoms with Crippen molar-refractivity contribution < 1.29 is 14.3 Å². The fourth-order valence-corrected chi connectivity index (χ4v) is 1.22. The van der Waals surface area contributed by atoms with E-state index in [0.717, 1.165) is 0 Å². The van der Waals surface area contributed by atoms with Crippen LogP contribution >= 0.6 is 0 Å². The molecule has 0 bridgehead atoms. The molecule has 0 unspecified atom stereocenters. The number of nitrogens with one attached hydrogen (secondary N) is 1. The van der Waals surface area contributed by atoms with Crippen LogP contribution in [0.4, 0.5) is 0 Å². The lowest BCUT2D eigenvalue weighted by Crippen LogP contribution is -2.16. The number of aromatic hydroxyl groups is 1. The van der Waals surface area contributed by atoms with E-state index in [4.69, 9.17) is 4.42 Å². The minimum atomic E-state index is -0.443. The van der Waals surface area contributed by atoms with Gasteiger partial charge in [-0.25, -0.2) is 5.43 Å². The maximum absolute atomic E-state index is 11.4. The van der Waals surface area contributed by atoms with Crippen LogP contribution < -0.4 is 5.43 Å². The molecule has 0 radical (unpaired) electrons. The topological polar surface area (TPSA) is 74.8 Å². The van der Waals surface area contributed by atoms with Crippen LogP contribution in [0.15, 0.2) is 52.2 Å². The molecule has 86 valence electrons. The number of rotatable bonds is 3. The molecule has 0 aliphatic rings. The third-order valence-electron chi connectivity index (χ3n) is 2.05. The van der Waals surface area contributed by atoms with Crippen LogP contribution in [0.5, 0.6) is 5.75 Å². The van der Waals surface area contributed by atoms with E-state index in [1.54, 1.807) is 24.3 Å². The minimum absolute atomic E-state index is 0.100. The van der Waals surface area contributed by atoms with Gasteiger partial charge in [0.05, 0.1) is 12.5 Å². The van der Waals surface area contributed by atoms with E-state index in [1.807, 2.05) is 0 Å². The molecule has 5 heteroatoms. The molecular formula is C12H10N2O3. The van der Waals surface area contributed by atoms with Crippen molar-refractivity contribution in [3.05, 3.63) is 54.0 Å². The molecular weight excluding hydrogens is 220 g/mol. The third kappa shape index (κ3) is 2.72. The number of hydrogen-bond acceptors (Lipinski definition) is 4. The Morgan fingerprint density at radius 1 is 1.29 bits per heavy atom. The molecule has 0 atom stereocenters. The summed E-state index contributed by atoms with van der Waals surface area (Å²) >= 11 is 0. The van der Waals surface area contributed by atoms with Crippen molar-refractivity contribution in [3.63, 3.8) is 0 Å². The van der Waals surface area contributed by atoms with Crippen LogP contribution in [0, 0.1) is 0 Å². The number of carbonyl (C=O) groups is 1. The molecule has 1 aromatic heterocycles. The van der Waals surface area contributed by atoms with Gasteiger partial charge in [0.1, 0.15) is 5.75 Å². The molecule has 1 amide bonds. The number of hydrazone groups is 1. The first-order valence-electron chi connectivity index (χ1n) is 4.92. The van der Waals surface area contributed by atoms with Crippen LogP contribution in [0.3, 0.4) is 0 Å². The summed E-state index contributed by atoms with van der Waals surface area (Å²) in [5, 5.41) is 13.2. The number of amides is 1. The van der Waals surface area contributed by atoms with Crippen LogP contribution in [0.1, 0.15) is 16.1 Å². The summed E-state index contributed by atoms with van der Waals surface area (Å²) in [5.41, 5.74) is 2.81. The van der Waals surface area contributed by atoms with Crippen LogP contribution in [-0.4, -0.2) is 17.2 Å². The van der Waals surface area contributed by atoms with E-state index in [2.05, 4.69) is 10.5 Å². The molecule has 1 aromatic carbocycles. The quantitative estimate of drug-likeness (QED) is 0.623. The van der Waals surface area contributed by atoms with Gasteiger partial charge in [-0.2, -0.15) is 5.10 Å². The van der Waals surface area contributed by atoms with Crippen molar-refractivity contribution in [3.8, 4) is 5.75 Å². The first-order valence-corrected chi connectivity index (χ1v) is 4.92. The second kappa shape index (κ2) is 4.98. The van der Waals surface area contributed by atoms with Gasteiger partial charge in [0.15, 0.2) is 5.76 Å². The Hall–Kier alpha value is -2.56. The summed E-state index contributed by atoms with van der Waals surface area (Å²) in [6, 6.07) is 9.82. The lowest BCUT2D eigenvalue weighted by Gasteiger charge is -1.97. The van der Waals surface area contributed by atoms with Crippen molar-refractivity contribution in [1.82, 2.24) is 5.43 Å². The summed E-state index contributed by atoms with van der Waals surface area (Å²) in [7, 11) is 0. The van der Waals surface area contributed by atoms with Crippen molar-refractivity contribution in [2.24, 2.45) is 5.10 Å². The average Bonchev–Trinajstić information content (AvgIpc) is 2.85. The zero-order valence-electron chi connectivity index (χ0n) is 8.83. The summed E-state index contributed by atoms with van der Waals surface area (Å²) in [6.07, 6.45) is 2.76. The number of para-hydroxylation sites is 1. The molecule has 17 heavy (non-hydrogen) atoms. The zero-order chi connectivity index (χ0) is 12.1. The number of benzene rings is 1. The molecule has 2 aromatic rings. The summed E-state index contributed by atoms with van der Waals surface area (Å²) < 4.78 is 4.89. The maximum atomic E-state index is 11.4. The number of phenolic OH excluding ortho intramolecular Hbond substituents is 1. The lowest BCUT2D eigenvalue weighted by atomic mass is 10.2. The van der Waals surface area contributed by atoms with Crippen LogP contribution in [-0.2, 0) is 0 Å². The van der Waals surface area contributed by atoms with Crippen LogP contribution in [0.2, 0.25) is 0 Å². The zero-order valence-corrected chi connectivity index (χ0v) is 8.83. The average molecular weight is 230 g/mol. The molecule has 0 spiro atoms. The second-order valence-electron chi connectivity index (χ2n) is 3.24. The van der Waals surface area contributed by atoms with Gasteiger partial charge in [0, 0.05) is 5.56 Å². The number of furan rings is 1. The summed E-state index contributed by atoms with van der Waals surface area (Å²) in [5.74, 6) is -0.162. The molecule has 2 N–H and O–H groups in total. The number of nitrogens with zero attached hydrogens (tertiary/aromatic N) is 1.